The van der Waals surface area contributed by atoms with Gasteiger partial charge in [0.25, 0.3) is 5.91 Å². The van der Waals surface area contributed by atoms with Crippen LogP contribution < -0.4 is 10.2 Å². The van der Waals surface area contributed by atoms with E-state index in [2.05, 4.69) is 15.5 Å². The fourth-order valence-electron chi connectivity index (χ4n) is 4.60. The van der Waals surface area contributed by atoms with Crippen LogP contribution in [0.5, 0.6) is 0 Å². The maximum atomic E-state index is 15.3. The van der Waals surface area contributed by atoms with Crippen LogP contribution in [0.25, 0.3) is 10.8 Å². The molecule has 1 aromatic heterocycles. The number of nitrogens with one attached hydrogen (secondary N) is 1. The number of methoxy groups -OCH3 is 1. The molecule has 2 atom stereocenters. The van der Waals surface area contributed by atoms with Crippen LogP contribution in [0.15, 0.2) is 24.3 Å². The molecule has 0 saturated heterocycles. The summed E-state index contributed by atoms with van der Waals surface area (Å²) >= 11 is 0. The van der Waals surface area contributed by atoms with Gasteiger partial charge in [-0.1, -0.05) is 6.07 Å². The van der Waals surface area contributed by atoms with Crippen LogP contribution >= 0.6 is 0 Å². The first-order valence-electron chi connectivity index (χ1n) is 11.6. The van der Waals surface area contributed by atoms with Gasteiger partial charge in [0.15, 0.2) is 11.4 Å². The van der Waals surface area contributed by atoms with E-state index in [1.807, 2.05) is 0 Å². The molecule has 7 nitrogen and oxygen atoms in total. The van der Waals surface area contributed by atoms with E-state index in [1.165, 1.54) is 18.9 Å². The minimum absolute atomic E-state index is 0.210. The van der Waals surface area contributed by atoms with Gasteiger partial charge in [-0.3, -0.25) is 4.79 Å². The van der Waals surface area contributed by atoms with Gasteiger partial charge < -0.3 is 20.1 Å². The van der Waals surface area contributed by atoms with Gasteiger partial charge in [-0.25, -0.2) is 8.78 Å². The van der Waals surface area contributed by atoms with Crippen molar-refractivity contribution in [3.8, 4) is 0 Å². The minimum Gasteiger partial charge on any atom is -0.384 e. The van der Waals surface area contributed by atoms with E-state index >= 15 is 4.39 Å². The number of amides is 1. The molecule has 3 aromatic rings. The number of ether oxygens (including phenoxy) is 1. The first kappa shape index (κ1) is 26.7. The molecule has 0 radical (unpaired) electrons. The number of halogens is 4. The largest absolute Gasteiger partial charge is 0.384 e. The lowest BCUT2D eigenvalue weighted by Gasteiger charge is -2.30. The van der Waals surface area contributed by atoms with Crippen LogP contribution in [0.3, 0.4) is 0 Å². The molecule has 0 saturated carbocycles. The number of hydrogen-bond acceptors (Lipinski definition) is 6. The predicted molar refractivity (Wildman–Crippen MR) is 131 cm³/mol. The van der Waals surface area contributed by atoms with E-state index < -0.39 is 40.4 Å². The lowest BCUT2D eigenvalue weighted by Crippen LogP contribution is -2.41. The Morgan fingerprint density at radius 2 is 1.81 bits per heavy atom. The van der Waals surface area contributed by atoms with E-state index in [9.17, 15) is 23.1 Å². The number of aliphatic hydroxyl groups is 1. The highest BCUT2D eigenvalue weighted by Crippen LogP contribution is 2.46. The predicted octanol–water partition coefficient (Wildman–Crippen LogP) is 5.09. The van der Waals surface area contributed by atoms with Gasteiger partial charge in [0.1, 0.15) is 17.2 Å². The van der Waals surface area contributed by atoms with Crippen molar-refractivity contribution >= 4 is 28.2 Å². The summed E-state index contributed by atoms with van der Waals surface area (Å²) in [6, 6.07) is 4.37. The van der Waals surface area contributed by atoms with E-state index in [0.717, 1.165) is 26.0 Å². The molecule has 1 aliphatic rings. The number of likely N-dealkylation sites (N-methyl/N-ethyl adjacent to an activating group) is 1. The van der Waals surface area contributed by atoms with Gasteiger partial charge in [-0.2, -0.15) is 13.9 Å². The molecule has 198 valence electrons. The van der Waals surface area contributed by atoms with Crippen molar-refractivity contribution in [2.45, 2.75) is 57.8 Å². The summed E-state index contributed by atoms with van der Waals surface area (Å²) in [5.74, 6) is -7.18. The number of rotatable bonds is 6. The van der Waals surface area contributed by atoms with Crippen LogP contribution in [-0.4, -0.2) is 41.0 Å². The Labute approximate surface area is 211 Å². The maximum Gasteiger partial charge on any atom is 0.306 e. The molecule has 37 heavy (non-hydrogen) atoms. The number of benzene rings is 2. The Balaban J connectivity index is 1.82. The van der Waals surface area contributed by atoms with Gasteiger partial charge >= 0.3 is 5.92 Å². The molecule has 4 rings (SSSR count). The Kier molecular flexibility index (Phi) is 6.24. The van der Waals surface area contributed by atoms with Gasteiger partial charge in [-0.05, 0) is 52.8 Å². The van der Waals surface area contributed by atoms with Crippen molar-refractivity contribution in [1.29, 1.82) is 0 Å². The lowest BCUT2D eigenvalue weighted by molar-refractivity contribution is -0.172. The zero-order valence-corrected chi connectivity index (χ0v) is 21.5. The number of carbonyl (C=O) groups is 1. The quantitative estimate of drug-likeness (QED) is 0.441. The second-order valence-electron chi connectivity index (χ2n) is 9.98. The zero-order valence-electron chi connectivity index (χ0n) is 21.5. The third kappa shape index (κ3) is 3.91. The zero-order chi connectivity index (χ0) is 27.7. The number of aryl methyl sites for hydroxylation is 1. The minimum atomic E-state index is -4.20. The highest BCUT2D eigenvalue weighted by Gasteiger charge is 2.51. The van der Waals surface area contributed by atoms with Gasteiger partial charge in [0.2, 0.25) is 0 Å². The summed E-state index contributed by atoms with van der Waals surface area (Å²) in [5, 5.41) is 22.4. The highest BCUT2D eigenvalue weighted by atomic mass is 19.3. The molecule has 1 unspecified atom stereocenters. The van der Waals surface area contributed by atoms with Crippen LogP contribution in [0.1, 0.15) is 56.1 Å². The molecule has 1 aliphatic heterocycles. The van der Waals surface area contributed by atoms with E-state index in [4.69, 9.17) is 4.74 Å². The van der Waals surface area contributed by atoms with E-state index in [-0.39, 0.29) is 17.3 Å². The summed E-state index contributed by atoms with van der Waals surface area (Å²) in [6.45, 7) is 6.48. The van der Waals surface area contributed by atoms with Crippen LogP contribution in [0.2, 0.25) is 0 Å². The summed E-state index contributed by atoms with van der Waals surface area (Å²) in [6.07, 6.45) is 0. The summed E-state index contributed by atoms with van der Waals surface area (Å²) in [7, 11) is 3.07. The van der Waals surface area contributed by atoms with Gasteiger partial charge in [0.05, 0.1) is 23.0 Å². The monoisotopic (exact) mass is 520 g/mol. The number of nitrogens with zero attached hydrogens (tertiary/aromatic N) is 3. The average molecular weight is 521 g/mol. The van der Waals surface area contributed by atoms with Crippen molar-refractivity contribution < 1.29 is 32.2 Å². The summed E-state index contributed by atoms with van der Waals surface area (Å²) in [4.78, 5) is 14.3. The van der Waals surface area contributed by atoms with Crippen molar-refractivity contribution in [3.63, 3.8) is 0 Å². The molecule has 0 spiro atoms. The van der Waals surface area contributed by atoms with E-state index in [0.29, 0.717) is 27.7 Å². The number of anilines is 2. The number of fused-ring (bicyclic) bond motifs is 2. The molecular formula is C26H28F4N4O3. The number of aromatic nitrogens is 2. The Morgan fingerprint density at radius 3 is 2.41 bits per heavy atom. The molecule has 1 amide bonds. The average Bonchev–Trinajstić information content (AvgIpc) is 3.00. The summed E-state index contributed by atoms with van der Waals surface area (Å²) < 4.78 is 64.8. The van der Waals surface area contributed by atoms with Crippen molar-refractivity contribution in [3.05, 3.63) is 58.3 Å². The standard InChI is InChI=1S/C26H28F4N4O3/c1-12(14-8-9-18(27)20(21(14)28)26(29,30)24(3,4)36)31-22-16-11-19-17(10-15(16)13(2)32-33-22)25(5,37-7)23(35)34(19)6/h8-12,36H,1-7H3,(H,31,33)/t12-,25?/m1/s1. The molecule has 11 heteroatoms. The van der Waals surface area contributed by atoms with Gasteiger partial charge in [0, 0.05) is 36.1 Å². The maximum absolute atomic E-state index is 15.3. The van der Waals surface area contributed by atoms with Crippen molar-refractivity contribution in [2.24, 2.45) is 0 Å². The molecule has 0 bridgehead atoms. The third-order valence-corrected chi connectivity index (χ3v) is 7.10. The van der Waals surface area contributed by atoms with Gasteiger partial charge in [-0.15, -0.1) is 5.10 Å². The Bertz CT molecular complexity index is 1420. The fourth-order valence-corrected chi connectivity index (χ4v) is 4.60. The molecule has 2 N–H and O–H groups in total. The van der Waals surface area contributed by atoms with Crippen molar-refractivity contribution in [1.82, 2.24) is 10.2 Å². The number of hydrogen-bond donors (Lipinski definition) is 2. The summed E-state index contributed by atoms with van der Waals surface area (Å²) in [5.41, 5.74) is -3.86. The normalized spacial score (nSPS) is 18.9. The molecule has 2 aromatic carbocycles. The Hall–Kier alpha value is -3.31. The fraction of sp³-hybridized carbons (Fsp3) is 0.423. The van der Waals surface area contributed by atoms with Crippen LogP contribution in [0.4, 0.5) is 29.1 Å². The number of alkyl halides is 2. The Morgan fingerprint density at radius 1 is 1.16 bits per heavy atom. The SMILES string of the molecule is COC1(C)C(=O)N(C)c2cc3c(N[C@H](C)c4ccc(F)c(C(F)(F)C(C)(C)O)c4F)nnc(C)c3cc21. The lowest BCUT2D eigenvalue weighted by atomic mass is 9.90. The van der Waals surface area contributed by atoms with Crippen LogP contribution in [-0.2, 0) is 21.1 Å². The third-order valence-electron chi connectivity index (χ3n) is 7.10. The first-order valence-corrected chi connectivity index (χ1v) is 11.6. The topological polar surface area (TPSA) is 87.6 Å². The van der Waals surface area contributed by atoms with E-state index in [1.54, 1.807) is 33.0 Å². The first-order chi connectivity index (χ1) is 17.1. The van der Waals surface area contributed by atoms with Crippen LogP contribution in [0, 0.1) is 18.6 Å². The number of carbonyl (C=O) groups excluding carboxylic acids is 1. The molecule has 0 aliphatic carbocycles. The molecule has 2 heterocycles. The molecular weight excluding hydrogens is 492 g/mol. The second kappa shape index (κ2) is 8.63. The second-order valence-corrected chi connectivity index (χ2v) is 9.98. The highest BCUT2D eigenvalue weighted by molar-refractivity contribution is 6.10. The molecule has 0 fully saturated rings. The van der Waals surface area contributed by atoms with Crippen molar-refractivity contribution in [2.75, 3.05) is 24.4 Å². The smallest absolute Gasteiger partial charge is 0.306 e.